The van der Waals surface area contributed by atoms with E-state index in [2.05, 4.69) is 12.1 Å². The van der Waals surface area contributed by atoms with Crippen LogP contribution in [0.3, 0.4) is 0 Å². The van der Waals surface area contributed by atoms with Crippen LogP contribution in [-0.4, -0.2) is 60.0 Å². The molecule has 0 aliphatic carbocycles. The SMILES string of the molecule is COC(C)(C)C(=O)N1CC[C@@H]2[C@H](C1)[C@@H](c1ccccc1)CN2C(C)=O. The molecule has 2 fully saturated rings. The van der Waals surface area contributed by atoms with Crippen LogP contribution in [0, 0.1) is 5.92 Å². The highest BCUT2D eigenvalue weighted by Crippen LogP contribution is 2.41. The average molecular weight is 344 g/mol. The van der Waals surface area contributed by atoms with Gasteiger partial charge in [0.15, 0.2) is 0 Å². The molecule has 0 bridgehead atoms. The Morgan fingerprint density at radius 3 is 2.44 bits per heavy atom. The topological polar surface area (TPSA) is 49.9 Å². The number of fused-ring (bicyclic) bond motifs is 1. The molecule has 2 aliphatic rings. The van der Waals surface area contributed by atoms with Gasteiger partial charge in [0.1, 0.15) is 5.60 Å². The van der Waals surface area contributed by atoms with Crippen LogP contribution in [0.1, 0.15) is 38.7 Å². The van der Waals surface area contributed by atoms with E-state index in [-0.39, 0.29) is 29.7 Å². The minimum atomic E-state index is -0.812. The summed E-state index contributed by atoms with van der Waals surface area (Å²) in [5.74, 6) is 0.708. The Labute approximate surface area is 149 Å². The van der Waals surface area contributed by atoms with E-state index in [9.17, 15) is 9.59 Å². The van der Waals surface area contributed by atoms with Crippen LogP contribution in [0.5, 0.6) is 0 Å². The second-order valence-electron chi connectivity index (χ2n) is 7.67. The van der Waals surface area contributed by atoms with Crippen molar-refractivity contribution in [1.29, 1.82) is 0 Å². The summed E-state index contributed by atoms with van der Waals surface area (Å²) < 4.78 is 5.38. The Bertz CT molecular complexity index is 644. The predicted octanol–water partition coefficient (Wildman–Crippen LogP) is 2.27. The molecule has 5 heteroatoms. The zero-order valence-corrected chi connectivity index (χ0v) is 15.6. The number of rotatable bonds is 3. The van der Waals surface area contributed by atoms with Crippen LogP contribution in [0.15, 0.2) is 30.3 Å². The van der Waals surface area contributed by atoms with Crippen molar-refractivity contribution in [1.82, 2.24) is 9.80 Å². The molecule has 2 heterocycles. The van der Waals surface area contributed by atoms with Gasteiger partial charge in [-0.3, -0.25) is 9.59 Å². The number of ether oxygens (including phenoxy) is 1. The van der Waals surface area contributed by atoms with Crippen molar-refractivity contribution in [3.05, 3.63) is 35.9 Å². The Morgan fingerprint density at radius 2 is 1.84 bits per heavy atom. The van der Waals surface area contributed by atoms with Crippen LogP contribution in [0.25, 0.3) is 0 Å². The number of carbonyl (C=O) groups excluding carboxylic acids is 2. The summed E-state index contributed by atoms with van der Waals surface area (Å²) in [5.41, 5.74) is 0.440. The summed E-state index contributed by atoms with van der Waals surface area (Å²) in [4.78, 5) is 28.9. The van der Waals surface area contributed by atoms with Gasteiger partial charge in [0.25, 0.3) is 5.91 Å². The zero-order chi connectivity index (χ0) is 18.2. The monoisotopic (exact) mass is 344 g/mol. The lowest BCUT2D eigenvalue weighted by molar-refractivity contribution is -0.153. The standard InChI is InChI=1S/C20H28N2O3/c1-14(23)22-13-16(15-8-6-5-7-9-15)17-12-21(11-10-18(17)22)19(24)20(2,3)25-4/h5-9,16-18H,10-13H2,1-4H3/t16-,17-,18-/m1/s1. The first kappa shape index (κ1) is 17.9. The number of benzene rings is 1. The highest BCUT2D eigenvalue weighted by atomic mass is 16.5. The normalized spacial score (nSPS) is 26.5. The molecule has 1 aromatic carbocycles. The molecule has 0 radical (unpaired) electrons. The Balaban J connectivity index is 1.86. The van der Waals surface area contributed by atoms with Crippen LogP contribution in [0.2, 0.25) is 0 Å². The average Bonchev–Trinajstić information content (AvgIpc) is 3.00. The third-order valence-corrected chi connectivity index (χ3v) is 5.88. The maximum absolute atomic E-state index is 12.8. The third kappa shape index (κ3) is 3.30. The fourth-order valence-electron chi connectivity index (χ4n) is 4.30. The molecule has 136 valence electrons. The molecule has 25 heavy (non-hydrogen) atoms. The maximum Gasteiger partial charge on any atom is 0.254 e. The van der Waals surface area contributed by atoms with Crippen molar-refractivity contribution in [2.45, 2.75) is 44.8 Å². The van der Waals surface area contributed by atoms with Gasteiger partial charge in [-0.25, -0.2) is 0 Å². The quantitative estimate of drug-likeness (QED) is 0.845. The van der Waals surface area contributed by atoms with E-state index in [0.717, 1.165) is 13.0 Å². The van der Waals surface area contributed by atoms with Crippen molar-refractivity contribution < 1.29 is 14.3 Å². The molecule has 0 spiro atoms. The first-order valence-electron chi connectivity index (χ1n) is 9.02. The summed E-state index contributed by atoms with van der Waals surface area (Å²) in [7, 11) is 1.57. The van der Waals surface area contributed by atoms with Gasteiger partial charge in [0.2, 0.25) is 5.91 Å². The molecule has 0 unspecified atom stereocenters. The summed E-state index contributed by atoms with van der Waals surface area (Å²) in [6, 6.07) is 10.6. The Kier molecular flexibility index (Phi) is 4.87. The first-order valence-corrected chi connectivity index (χ1v) is 9.02. The van der Waals surface area contributed by atoms with Crippen LogP contribution in [-0.2, 0) is 14.3 Å². The van der Waals surface area contributed by atoms with E-state index in [1.807, 2.05) is 41.8 Å². The van der Waals surface area contributed by atoms with E-state index in [1.165, 1.54) is 5.56 Å². The molecule has 1 aromatic rings. The van der Waals surface area contributed by atoms with Gasteiger partial charge in [0.05, 0.1) is 0 Å². The molecule has 0 saturated carbocycles. The van der Waals surface area contributed by atoms with Crippen molar-refractivity contribution in [3.8, 4) is 0 Å². The molecule has 0 N–H and O–H groups in total. The van der Waals surface area contributed by atoms with Gasteiger partial charge in [0, 0.05) is 51.5 Å². The Hall–Kier alpha value is -1.88. The van der Waals surface area contributed by atoms with E-state index >= 15 is 0 Å². The number of likely N-dealkylation sites (tertiary alicyclic amines) is 2. The van der Waals surface area contributed by atoms with Crippen molar-refractivity contribution in [2.24, 2.45) is 5.92 Å². The van der Waals surface area contributed by atoms with Gasteiger partial charge in [-0.2, -0.15) is 0 Å². The van der Waals surface area contributed by atoms with E-state index in [1.54, 1.807) is 14.0 Å². The number of amides is 2. The number of hydrogen-bond donors (Lipinski definition) is 0. The smallest absolute Gasteiger partial charge is 0.254 e. The second-order valence-corrected chi connectivity index (χ2v) is 7.67. The van der Waals surface area contributed by atoms with E-state index in [0.29, 0.717) is 13.1 Å². The van der Waals surface area contributed by atoms with E-state index < -0.39 is 5.60 Å². The molecule has 0 aromatic heterocycles. The number of carbonyl (C=O) groups is 2. The minimum absolute atomic E-state index is 0.0292. The number of piperidine rings is 1. The summed E-state index contributed by atoms with van der Waals surface area (Å²) in [5, 5.41) is 0. The molecular formula is C20H28N2O3. The molecule has 2 saturated heterocycles. The highest BCUT2D eigenvalue weighted by Gasteiger charge is 2.48. The number of hydrogen-bond acceptors (Lipinski definition) is 3. The first-order chi connectivity index (χ1) is 11.8. The number of methoxy groups -OCH3 is 1. The molecule has 2 aliphatic heterocycles. The fraction of sp³-hybridized carbons (Fsp3) is 0.600. The minimum Gasteiger partial charge on any atom is -0.369 e. The molecular weight excluding hydrogens is 316 g/mol. The lowest BCUT2D eigenvalue weighted by atomic mass is 9.81. The second kappa shape index (κ2) is 6.79. The van der Waals surface area contributed by atoms with Crippen molar-refractivity contribution in [3.63, 3.8) is 0 Å². The summed E-state index contributed by atoms with van der Waals surface area (Å²) in [6.07, 6.45) is 0.832. The maximum atomic E-state index is 12.8. The lowest BCUT2D eigenvalue weighted by Gasteiger charge is -2.41. The predicted molar refractivity (Wildman–Crippen MR) is 96.1 cm³/mol. The van der Waals surface area contributed by atoms with Crippen LogP contribution >= 0.6 is 0 Å². The van der Waals surface area contributed by atoms with E-state index in [4.69, 9.17) is 4.74 Å². The van der Waals surface area contributed by atoms with Crippen LogP contribution < -0.4 is 0 Å². The summed E-state index contributed by atoms with van der Waals surface area (Å²) in [6.45, 7) is 7.37. The molecule has 3 atom stereocenters. The van der Waals surface area contributed by atoms with Gasteiger partial charge in [-0.05, 0) is 25.8 Å². The summed E-state index contributed by atoms with van der Waals surface area (Å²) >= 11 is 0. The van der Waals surface area contributed by atoms with Crippen molar-refractivity contribution in [2.75, 3.05) is 26.7 Å². The Morgan fingerprint density at radius 1 is 1.16 bits per heavy atom. The van der Waals surface area contributed by atoms with Crippen molar-refractivity contribution >= 4 is 11.8 Å². The zero-order valence-electron chi connectivity index (χ0n) is 15.6. The van der Waals surface area contributed by atoms with Gasteiger partial charge >= 0.3 is 0 Å². The molecule has 3 rings (SSSR count). The molecule has 5 nitrogen and oxygen atoms in total. The number of nitrogens with zero attached hydrogens (tertiary/aromatic N) is 2. The lowest BCUT2D eigenvalue weighted by Crippen LogP contribution is -2.54. The van der Waals surface area contributed by atoms with Gasteiger partial charge < -0.3 is 14.5 Å². The third-order valence-electron chi connectivity index (χ3n) is 5.88. The molecule has 2 amide bonds. The fourth-order valence-corrected chi connectivity index (χ4v) is 4.30. The van der Waals surface area contributed by atoms with Gasteiger partial charge in [-0.1, -0.05) is 30.3 Å². The van der Waals surface area contributed by atoms with Crippen LogP contribution in [0.4, 0.5) is 0 Å². The largest absolute Gasteiger partial charge is 0.369 e. The highest BCUT2D eigenvalue weighted by molar-refractivity contribution is 5.84. The van der Waals surface area contributed by atoms with Gasteiger partial charge in [-0.15, -0.1) is 0 Å².